The molecular weight excluding hydrogens is 551 g/mol. The van der Waals surface area contributed by atoms with Gasteiger partial charge >= 0.3 is 0 Å². The first-order valence-corrected chi connectivity index (χ1v) is 13.6. The zero-order chi connectivity index (χ0) is 26.0. The van der Waals surface area contributed by atoms with E-state index in [4.69, 9.17) is 15.7 Å². The van der Waals surface area contributed by atoms with Crippen LogP contribution in [0, 0.1) is 0 Å². The van der Waals surface area contributed by atoms with E-state index < -0.39 is 0 Å². The van der Waals surface area contributed by atoms with E-state index in [1.54, 1.807) is 0 Å². The molecule has 3 aromatic carbocycles. The number of hydrogen-bond donors (Lipinski definition) is 4. The molecule has 1 radical (unpaired) electrons. The largest absolute Gasteiger partial charge is 0.658 e. The number of ether oxygens (including phenoxy) is 1. The minimum Gasteiger partial charge on any atom is -0.658 e. The van der Waals surface area contributed by atoms with Gasteiger partial charge in [0.05, 0.1) is 13.2 Å². The van der Waals surface area contributed by atoms with Gasteiger partial charge in [-0.15, -0.1) is 13.1 Å². The maximum Gasteiger partial charge on any atom is 0.0594 e. The second-order valence-corrected chi connectivity index (χ2v) is 9.36. The van der Waals surface area contributed by atoms with E-state index in [1.165, 1.54) is 47.8 Å². The minimum absolute atomic E-state index is 0. The number of nitrogens with one attached hydrogen (secondary N) is 2. The van der Waals surface area contributed by atoms with Crippen molar-refractivity contribution in [2.45, 2.75) is 38.9 Å². The van der Waals surface area contributed by atoms with Crippen LogP contribution in [0.3, 0.4) is 0 Å². The van der Waals surface area contributed by atoms with Gasteiger partial charge in [-0.3, -0.25) is 4.90 Å². The Labute approximate surface area is 253 Å². The first-order chi connectivity index (χ1) is 18.3. The third-order valence-electron chi connectivity index (χ3n) is 6.55. The average molecular weight is 596 g/mol. The molecule has 5 rings (SSSR count). The summed E-state index contributed by atoms with van der Waals surface area (Å²) in [6.07, 6.45) is 3.92. The second kappa shape index (κ2) is 20.6. The first-order valence-electron chi connectivity index (χ1n) is 13.6. The van der Waals surface area contributed by atoms with E-state index in [-0.39, 0.29) is 32.7 Å². The predicted molar refractivity (Wildman–Crippen MR) is 153 cm³/mol. The molecule has 38 heavy (non-hydrogen) atoms. The molecule has 0 saturated carbocycles. The smallest absolute Gasteiger partial charge is 0.0594 e. The number of nitrogens with two attached hydrogens (primary N) is 1. The molecule has 0 aromatic heterocycles. The normalized spacial score (nSPS) is 15.1. The molecule has 0 unspecified atom stereocenters. The van der Waals surface area contributed by atoms with Gasteiger partial charge < -0.3 is 26.3 Å². The Morgan fingerprint density at radius 1 is 0.921 bits per heavy atom. The molecule has 2 aliphatic heterocycles. The van der Waals surface area contributed by atoms with Crippen molar-refractivity contribution in [3.63, 3.8) is 0 Å². The summed E-state index contributed by atoms with van der Waals surface area (Å²) in [7, 11) is 0. The number of hydroxylamine groups is 1. The van der Waals surface area contributed by atoms with Gasteiger partial charge in [0.2, 0.25) is 0 Å². The van der Waals surface area contributed by atoms with E-state index in [0.717, 1.165) is 57.9 Å². The van der Waals surface area contributed by atoms with Gasteiger partial charge in [0.15, 0.2) is 0 Å². The molecule has 0 atom stereocenters. The zero-order valence-electron chi connectivity index (χ0n) is 22.7. The summed E-state index contributed by atoms with van der Waals surface area (Å²) in [4.78, 5) is 2.45. The Morgan fingerprint density at radius 2 is 1.61 bits per heavy atom. The second-order valence-electron chi connectivity index (χ2n) is 9.36. The van der Waals surface area contributed by atoms with Crippen molar-refractivity contribution in [1.82, 2.24) is 15.7 Å². The van der Waals surface area contributed by atoms with E-state index in [9.17, 15) is 0 Å². The fraction of sp³-hybridized carbons (Fsp3) is 0.467. The number of benzene rings is 3. The maximum atomic E-state index is 8.63. The van der Waals surface area contributed by atoms with Gasteiger partial charge in [-0.05, 0) is 54.4 Å². The summed E-state index contributed by atoms with van der Waals surface area (Å²) in [5.41, 5.74) is 11.3. The number of hydrogen-bond acceptors (Lipinski definition) is 6. The summed E-state index contributed by atoms with van der Waals surface area (Å²) in [6.45, 7) is 10.4. The van der Waals surface area contributed by atoms with Crippen LogP contribution < -0.4 is 16.5 Å². The molecule has 205 valence electrons. The van der Waals surface area contributed by atoms with Crippen LogP contribution in [0.4, 0.5) is 0 Å². The van der Waals surface area contributed by atoms with Crippen molar-refractivity contribution >= 4 is 10.8 Å². The average Bonchev–Trinajstić information content (AvgIpc) is 3.55. The summed E-state index contributed by atoms with van der Waals surface area (Å²) in [5.74, 6) is 0. The van der Waals surface area contributed by atoms with E-state index in [0.29, 0.717) is 13.1 Å². The minimum atomic E-state index is 0. The molecule has 2 fully saturated rings. The summed E-state index contributed by atoms with van der Waals surface area (Å²) < 4.78 is 5.33. The monoisotopic (exact) mass is 595 g/mol. The van der Waals surface area contributed by atoms with Crippen molar-refractivity contribution in [3.05, 3.63) is 88.7 Å². The molecule has 2 heterocycles. The standard InChI is InChI=1S/C15H24N3O.C11H11NO.C4H9N.Y/c16-12-14-2-4-15(5-3-14)13-17-6-1-7-18-8-10-19-11-9-18;13-12-8-10-6-3-5-9-4-1-2-7-11(9)10;1-2-4-5-3-1;/h2-5H,1,6-13,16H2;1-7,12-13H,8H2;5H,1-4H2;/q-1;;;. The summed E-state index contributed by atoms with van der Waals surface area (Å²) in [5, 5.41) is 18.8. The van der Waals surface area contributed by atoms with Crippen molar-refractivity contribution < 1.29 is 42.7 Å². The van der Waals surface area contributed by atoms with Gasteiger partial charge in [0.25, 0.3) is 0 Å². The molecular formula is C30H44N5O2Y-. The Morgan fingerprint density at radius 3 is 2.26 bits per heavy atom. The molecule has 8 heteroatoms. The molecule has 0 bridgehead atoms. The number of rotatable bonds is 9. The van der Waals surface area contributed by atoms with Gasteiger partial charge in [0, 0.05) is 58.9 Å². The van der Waals surface area contributed by atoms with Gasteiger partial charge in [-0.25, -0.2) is 5.48 Å². The SMILES string of the molecule is C1CCNC1.NCc1ccc(C[N-]CCCN2CCOCC2)cc1.ONCc1cccc2ccccc12.[Y]. The fourth-order valence-corrected chi connectivity index (χ4v) is 4.38. The third kappa shape index (κ3) is 12.7. The van der Waals surface area contributed by atoms with Crippen molar-refractivity contribution in [1.29, 1.82) is 0 Å². The Balaban J connectivity index is 0.000000229. The van der Waals surface area contributed by atoms with Crippen LogP contribution in [0.2, 0.25) is 0 Å². The molecule has 0 spiro atoms. The molecule has 0 amide bonds. The van der Waals surface area contributed by atoms with Gasteiger partial charge in [-0.1, -0.05) is 78.7 Å². The van der Waals surface area contributed by atoms with Crippen LogP contribution in [-0.2, 0) is 57.1 Å². The van der Waals surface area contributed by atoms with E-state index in [2.05, 4.69) is 63.5 Å². The molecule has 7 nitrogen and oxygen atoms in total. The van der Waals surface area contributed by atoms with Gasteiger partial charge in [-0.2, -0.15) is 0 Å². The van der Waals surface area contributed by atoms with E-state index in [1.807, 2.05) is 24.3 Å². The Kier molecular flexibility index (Phi) is 17.9. The summed E-state index contributed by atoms with van der Waals surface area (Å²) in [6, 6.07) is 22.6. The number of nitrogens with zero attached hydrogens (tertiary/aromatic N) is 2. The Bertz CT molecular complexity index is 982. The van der Waals surface area contributed by atoms with Crippen LogP contribution in [0.5, 0.6) is 0 Å². The molecule has 3 aromatic rings. The molecule has 0 aliphatic carbocycles. The van der Waals surface area contributed by atoms with Crippen molar-refractivity contribution in [2.75, 3.05) is 52.5 Å². The van der Waals surface area contributed by atoms with Crippen LogP contribution in [0.25, 0.3) is 16.1 Å². The predicted octanol–water partition coefficient (Wildman–Crippen LogP) is 4.43. The zero-order valence-corrected chi connectivity index (χ0v) is 25.5. The van der Waals surface area contributed by atoms with Crippen LogP contribution >= 0.6 is 0 Å². The molecule has 2 saturated heterocycles. The maximum absolute atomic E-state index is 8.63. The van der Waals surface area contributed by atoms with Crippen LogP contribution in [0.1, 0.15) is 36.0 Å². The first kappa shape index (κ1) is 33.0. The van der Waals surface area contributed by atoms with Crippen LogP contribution in [0.15, 0.2) is 66.7 Å². The molecule has 2 aliphatic rings. The fourth-order valence-electron chi connectivity index (χ4n) is 4.38. The number of morpholine rings is 1. The quantitative estimate of drug-likeness (QED) is 0.216. The summed E-state index contributed by atoms with van der Waals surface area (Å²) >= 11 is 0. The third-order valence-corrected chi connectivity index (χ3v) is 6.55. The van der Waals surface area contributed by atoms with E-state index >= 15 is 0 Å². The molecule has 5 N–H and O–H groups in total. The van der Waals surface area contributed by atoms with Crippen molar-refractivity contribution in [3.8, 4) is 0 Å². The Hall–Kier alpha value is -1.26. The van der Waals surface area contributed by atoms with Crippen LogP contribution in [-0.4, -0.2) is 62.6 Å². The van der Waals surface area contributed by atoms with Gasteiger partial charge in [0.1, 0.15) is 0 Å². The van der Waals surface area contributed by atoms with Crippen molar-refractivity contribution in [2.24, 2.45) is 5.73 Å². The number of fused-ring (bicyclic) bond motifs is 1. The topological polar surface area (TPSA) is 96.9 Å².